The third kappa shape index (κ3) is 7.74. The first-order valence-electron chi connectivity index (χ1n) is 14.4. The second-order valence-corrected chi connectivity index (χ2v) is 33.5. The number of unbranched alkanes of at least 4 members (excludes halogenated alkanes) is 3. The van der Waals surface area contributed by atoms with Crippen LogP contribution in [0.4, 0.5) is 0 Å². The molecule has 0 amide bonds. The first-order chi connectivity index (χ1) is 16.7. The molecule has 0 radical (unpaired) electrons. The number of hydrogen-bond acceptors (Lipinski definition) is 2. The van der Waals surface area contributed by atoms with Crippen molar-refractivity contribution in [2.45, 2.75) is 131 Å². The molecule has 0 N–H and O–H groups in total. The van der Waals surface area contributed by atoms with Gasteiger partial charge in [-0.05, 0) is 0 Å². The molecule has 2 aromatic rings. The van der Waals surface area contributed by atoms with Crippen LogP contribution in [0.5, 0.6) is 0 Å². The van der Waals surface area contributed by atoms with Gasteiger partial charge in [0.2, 0.25) is 0 Å². The molecule has 0 aliphatic rings. The molecule has 0 saturated carbocycles. The zero-order chi connectivity index (χ0) is 26.1. The van der Waals surface area contributed by atoms with Gasteiger partial charge in [-0.1, -0.05) is 0 Å². The Bertz CT molecular complexity index is 897. The van der Waals surface area contributed by atoms with Crippen LogP contribution in [0.3, 0.4) is 0 Å². The zero-order valence-electron chi connectivity index (χ0n) is 24.2. The Hall–Kier alpha value is -0.0244. The number of rotatable bonds is 14. The summed E-state index contributed by atoms with van der Waals surface area (Å²) in [5.41, 5.74) is 5.98. The molecule has 0 unspecified atom stereocenters. The van der Waals surface area contributed by atoms with Crippen molar-refractivity contribution in [3.05, 3.63) is 29.1 Å². The van der Waals surface area contributed by atoms with Crippen LogP contribution in [0.1, 0.15) is 106 Å². The summed E-state index contributed by atoms with van der Waals surface area (Å²) < 4.78 is 6.51. The van der Waals surface area contributed by atoms with E-state index in [1.54, 1.807) is 13.3 Å². The van der Waals surface area contributed by atoms with Gasteiger partial charge in [-0.3, -0.25) is 0 Å². The Labute approximate surface area is 231 Å². The van der Waals surface area contributed by atoms with Crippen molar-refractivity contribution in [1.82, 2.24) is 0 Å². The van der Waals surface area contributed by atoms with Crippen LogP contribution in [0.15, 0.2) is 24.3 Å². The molecular weight excluding hydrogens is 583 g/mol. The van der Waals surface area contributed by atoms with E-state index in [0.717, 1.165) is 0 Å². The Kier molecular flexibility index (Phi) is 13.2. The van der Waals surface area contributed by atoms with E-state index in [1.165, 1.54) is 53.2 Å². The van der Waals surface area contributed by atoms with Gasteiger partial charge >= 0.3 is 233 Å². The standard InChI is InChI=1S/C19H25S2Si.3C4H9.Sn/c1-14(2)22(15(3)4,16(5)6)13-11-17-9-10-19(21-17)18-8-7-12-20-18;3*1-3-4-2;/h7-10,14-16H,1-6H3;3*1,3-4H2,2H3;. The van der Waals surface area contributed by atoms with E-state index in [2.05, 4.69) is 109 Å². The van der Waals surface area contributed by atoms with Crippen molar-refractivity contribution in [2.75, 3.05) is 0 Å². The quantitative estimate of drug-likeness (QED) is 0.143. The average molecular weight is 636 g/mol. The van der Waals surface area contributed by atoms with Gasteiger partial charge in [0.05, 0.1) is 0 Å². The van der Waals surface area contributed by atoms with Gasteiger partial charge < -0.3 is 0 Å². The molecule has 0 aliphatic heterocycles. The first kappa shape index (κ1) is 31.2. The fraction of sp³-hybridized carbons (Fsp3) is 0.677. The van der Waals surface area contributed by atoms with Crippen LogP contribution >= 0.6 is 22.7 Å². The van der Waals surface area contributed by atoms with Crippen molar-refractivity contribution in [3.8, 4) is 21.2 Å². The number of hydrogen-bond donors (Lipinski definition) is 0. The predicted molar refractivity (Wildman–Crippen MR) is 170 cm³/mol. The van der Waals surface area contributed by atoms with Crippen LogP contribution in [0.25, 0.3) is 9.75 Å². The van der Waals surface area contributed by atoms with Crippen LogP contribution in [0.2, 0.25) is 29.9 Å². The Balaban J connectivity index is 2.38. The Morgan fingerprint density at radius 2 is 1.14 bits per heavy atom. The second kappa shape index (κ2) is 14.8. The van der Waals surface area contributed by atoms with E-state index in [4.69, 9.17) is 0 Å². The van der Waals surface area contributed by atoms with Gasteiger partial charge in [-0.2, -0.15) is 0 Å². The second-order valence-electron chi connectivity index (χ2n) is 11.6. The fourth-order valence-electron chi connectivity index (χ4n) is 6.19. The average Bonchev–Trinajstić information content (AvgIpc) is 3.49. The molecule has 2 rings (SSSR count). The molecule has 196 valence electrons. The van der Waals surface area contributed by atoms with Crippen LogP contribution in [0, 0.1) is 11.5 Å². The molecule has 0 fully saturated rings. The van der Waals surface area contributed by atoms with Gasteiger partial charge in [0.1, 0.15) is 0 Å². The molecule has 35 heavy (non-hydrogen) atoms. The van der Waals surface area contributed by atoms with E-state index in [-0.39, 0.29) is 0 Å². The molecule has 0 bridgehead atoms. The topological polar surface area (TPSA) is 0 Å². The maximum absolute atomic E-state index is 3.92. The van der Waals surface area contributed by atoms with Gasteiger partial charge in [0, 0.05) is 0 Å². The summed E-state index contributed by atoms with van der Waals surface area (Å²) in [5, 5.41) is 0. The SMILES string of the molecule is CCC[CH2][Sn]([CH2]CCC)([CH2]CCC)[c]1ccc(-c2ccc(C#C[Si](C(C)C)(C(C)C)C(C)C)s2)s1. The van der Waals surface area contributed by atoms with Crippen molar-refractivity contribution in [1.29, 1.82) is 0 Å². The van der Waals surface area contributed by atoms with Crippen LogP contribution in [-0.2, 0) is 0 Å². The third-order valence-electron chi connectivity index (χ3n) is 8.27. The molecule has 4 heteroatoms. The summed E-state index contributed by atoms with van der Waals surface area (Å²) in [6.45, 7) is 21.6. The van der Waals surface area contributed by atoms with Gasteiger partial charge in [0.15, 0.2) is 0 Å². The molecule has 0 aromatic carbocycles. The third-order valence-corrected chi connectivity index (χ3v) is 35.1. The van der Waals surface area contributed by atoms with Gasteiger partial charge in [-0.25, -0.2) is 0 Å². The van der Waals surface area contributed by atoms with Crippen LogP contribution < -0.4 is 2.89 Å². The monoisotopic (exact) mass is 636 g/mol. The van der Waals surface area contributed by atoms with Gasteiger partial charge in [0.25, 0.3) is 0 Å². The summed E-state index contributed by atoms with van der Waals surface area (Å²) in [6, 6.07) is 9.65. The Morgan fingerprint density at radius 3 is 1.60 bits per heavy atom. The molecule has 0 atom stereocenters. The summed E-state index contributed by atoms with van der Waals surface area (Å²) in [4.78, 5) is 4.17. The molecule has 0 nitrogen and oxygen atoms in total. The molecule has 2 aromatic heterocycles. The maximum atomic E-state index is 3.92. The predicted octanol–water partition coefficient (Wildman–Crippen LogP) is 11.1. The summed E-state index contributed by atoms with van der Waals surface area (Å²) >= 11 is 1.75. The van der Waals surface area contributed by atoms with Gasteiger partial charge in [-0.15, -0.1) is 0 Å². The number of thiophene rings is 2. The minimum absolute atomic E-state index is 0.685. The summed E-state index contributed by atoms with van der Waals surface area (Å²) in [6.07, 6.45) is 8.33. The van der Waals surface area contributed by atoms with E-state index >= 15 is 0 Å². The van der Waals surface area contributed by atoms with Crippen molar-refractivity contribution < 1.29 is 0 Å². The Morgan fingerprint density at radius 1 is 0.686 bits per heavy atom. The fourth-order valence-corrected chi connectivity index (χ4v) is 32.6. The summed E-state index contributed by atoms with van der Waals surface area (Å²) in [7, 11) is -1.68. The van der Waals surface area contributed by atoms with E-state index in [9.17, 15) is 0 Å². The van der Waals surface area contributed by atoms with E-state index in [1.807, 2.05) is 14.2 Å². The molecule has 2 heterocycles. The molecule has 0 spiro atoms. The molecule has 0 saturated heterocycles. The van der Waals surface area contributed by atoms with E-state index in [0.29, 0.717) is 16.6 Å². The zero-order valence-corrected chi connectivity index (χ0v) is 29.7. The van der Waals surface area contributed by atoms with E-state index < -0.39 is 26.5 Å². The first-order valence-corrected chi connectivity index (χ1v) is 25.7. The minimum atomic E-state index is -2.34. The normalized spacial score (nSPS) is 12.6. The van der Waals surface area contributed by atoms with Crippen molar-refractivity contribution in [2.24, 2.45) is 0 Å². The molecule has 0 aliphatic carbocycles. The van der Waals surface area contributed by atoms with Crippen LogP contribution in [-0.4, -0.2) is 26.5 Å². The summed E-state index contributed by atoms with van der Waals surface area (Å²) in [5.74, 6) is 3.69. The van der Waals surface area contributed by atoms with Crippen molar-refractivity contribution in [3.63, 3.8) is 0 Å². The molecular formula is C31H52S2SiSn. The van der Waals surface area contributed by atoms with Crippen molar-refractivity contribution >= 4 is 52.0 Å².